The van der Waals surface area contributed by atoms with Gasteiger partial charge in [-0.25, -0.2) is 0 Å². The summed E-state index contributed by atoms with van der Waals surface area (Å²) in [6, 6.07) is 6.88. The molecule has 1 aromatic carbocycles. The molecular formula is C42H59N3O4S. The van der Waals surface area contributed by atoms with Crippen molar-refractivity contribution < 1.29 is 19.2 Å². The molecule has 2 aliphatic rings. The van der Waals surface area contributed by atoms with Crippen molar-refractivity contribution in [2.75, 3.05) is 0 Å². The molecular weight excluding hydrogens is 643 g/mol. The third kappa shape index (κ3) is 12.6. The first-order valence-electron chi connectivity index (χ1n) is 18.2. The third-order valence-corrected chi connectivity index (χ3v) is 10.9. The van der Waals surface area contributed by atoms with Gasteiger partial charge in [0.25, 0.3) is 0 Å². The number of hydrogen-bond acceptors (Lipinski definition) is 5. The summed E-state index contributed by atoms with van der Waals surface area (Å²) in [5.41, 5.74) is 6.03. The molecule has 8 heteroatoms. The lowest BCUT2D eigenvalue weighted by Crippen LogP contribution is -2.70. The summed E-state index contributed by atoms with van der Waals surface area (Å²) in [5.74, 6) is -0.931. The van der Waals surface area contributed by atoms with Crippen LogP contribution in [0.2, 0.25) is 0 Å². The van der Waals surface area contributed by atoms with Crippen molar-refractivity contribution in [3.63, 3.8) is 0 Å². The Morgan fingerprint density at radius 1 is 0.800 bits per heavy atom. The first-order valence-corrected chi connectivity index (χ1v) is 19.1. The van der Waals surface area contributed by atoms with Gasteiger partial charge in [-0.2, -0.15) is 0 Å². The normalized spacial score (nSPS) is 21.0. The molecule has 0 saturated carbocycles. The monoisotopic (exact) mass is 701 g/mol. The molecule has 0 aromatic heterocycles. The summed E-state index contributed by atoms with van der Waals surface area (Å²) in [4.78, 5) is 52.7. The zero-order valence-corrected chi connectivity index (χ0v) is 32.1. The van der Waals surface area contributed by atoms with Crippen molar-refractivity contribution in [3.05, 3.63) is 94.6 Å². The number of fused-ring (bicyclic) bond motifs is 1. The number of allylic oxidation sites excluding steroid dienone is 10. The van der Waals surface area contributed by atoms with Crippen LogP contribution in [0.4, 0.5) is 0 Å². The molecule has 2 aliphatic heterocycles. The number of nitrogens with zero attached hydrogens (tertiary/aromatic N) is 1. The number of amides is 3. The Labute approximate surface area is 305 Å². The highest BCUT2D eigenvalue weighted by molar-refractivity contribution is 8.01. The number of β-lactam (4-membered cyclic amide) rings is 1. The summed E-state index contributed by atoms with van der Waals surface area (Å²) in [6.07, 6.45) is 23.9. The number of aldehydes is 1. The van der Waals surface area contributed by atoms with E-state index in [1.165, 1.54) is 28.5 Å². The van der Waals surface area contributed by atoms with E-state index in [1.807, 2.05) is 39.0 Å². The van der Waals surface area contributed by atoms with Gasteiger partial charge >= 0.3 is 0 Å². The van der Waals surface area contributed by atoms with Crippen molar-refractivity contribution >= 4 is 35.8 Å². The third-order valence-electron chi connectivity index (χ3n) is 9.33. The quantitative estimate of drug-likeness (QED) is 0.0613. The second kappa shape index (κ2) is 20.3. The second-order valence-corrected chi connectivity index (χ2v) is 16.2. The number of unbranched alkanes of at least 4 members (excludes halogenated alkanes) is 2. The van der Waals surface area contributed by atoms with E-state index in [0.29, 0.717) is 12.0 Å². The smallest absolute Gasteiger partial charge is 0.249 e. The van der Waals surface area contributed by atoms with Crippen molar-refractivity contribution in [3.8, 4) is 0 Å². The summed E-state index contributed by atoms with van der Waals surface area (Å²) in [7, 11) is 0. The lowest BCUT2D eigenvalue weighted by atomic mass is 9.96. The maximum absolute atomic E-state index is 13.5. The van der Waals surface area contributed by atoms with Gasteiger partial charge in [0.2, 0.25) is 17.7 Å². The zero-order chi connectivity index (χ0) is 36.7. The Morgan fingerprint density at radius 3 is 1.94 bits per heavy atom. The average Bonchev–Trinajstić information content (AvgIpc) is 3.32. The summed E-state index contributed by atoms with van der Waals surface area (Å²) in [5, 5.41) is 5.46. The fraction of sp³-hybridized carbons (Fsp3) is 0.524. The summed E-state index contributed by atoms with van der Waals surface area (Å²) in [6.45, 7) is 14.6. The molecule has 3 rings (SSSR count). The Kier molecular flexibility index (Phi) is 16.5. The number of thioether (sulfide) groups is 1. The molecule has 0 unspecified atom stereocenters. The first-order chi connectivity index (χ1) is 23.8. The van der Waals surface area contributed by atoms with Gasteiger partial charge in [0, 0.05) is 11.2 Å². The minimum absolute atomic E-state index is 0.226. The number of carbonyl (C=O) groups excluding carboxylic acids is 4. The van der Waals surface area contributed by atoms with Crippen molar-refractivity contribution in [1.29, 1.82) is 0 Å². The minimum atomic E-state index is -0.928. The van der Waals surface area contributed by atoms with Gasteiger partial charge in [0.05, 0.1) is 0 Å². The van der Waals surface area contributed by atoms with Crippen LogP contribution >= 0.6 is 11.8 Å². The van der Waals surface area contributed by atoms with Crippen LogP contribution in [0.1, 0.15) is 124 Å². The minimum Gasteiger partial charge on any atom is -0.341 e. The number of nitrogens with one attached hydrogen (secondary N) is 2. The highest BCUT2D eigenvalue weighted by Crippen LogP contribution is 2.50. The van der Waals surface area contributed by atoms with Gasteiger partial charge in [-0.3, -0.25) is 14.4 Å². The first kappa shape index (κ1) is 40.8. The number of carbonyl (C=O) groups is 4. The lowest BCUT2D eigenvalue weighted by Gasteiger charge is -2.43. The molecule has 2 heterocycles. The molecule has 272 valence electrons. The molecule has 3 amide bonds. The maximum atomic E-state index is 13.5. The SMILES string of the molecule is CC(C)=CCC/C(C)=C/CC/C=C/CC/C=C(\C)CC/C=C(\C)CCC(=O)N[C@H](C(=O)N[C@@H]1C(=O)N2[C@@H]1SC(C)(C)[C@@H]2C=O)c1ccccc1. The van der Waals surface area contributed by atoms with E-state index in [9.17, 15) is 19.2 Å². The Balaban J connectivity index is 1.39. The van der Waals surface area contributed by atoms with Crippen molar-refractivity contribution in [2.24, 2.45) is 0 Å². The molecule has 0 spiro atoms. The topological polar surface area (TPSA) is 95.6 Å². The van der Waals surface area contributed by atoms with Gasteiger partial charge in [0.1, 0.15) is 29.8 Å². The van der Waals surface area contributed by atoms with Crippen LogP contribution in [0.15, 0.2) is 89.1 Å². The number of hydrogen-bond donors (Lipinski definition) is 2. The van der Waals surface area contributed by atoms with E-state index in [4.69, 9.17) is 0 Å². The lowest BCUT2D eigenvalue weighted by molar-refractivity contribution is -0.153. The highest BCUT2D eigenvalue weighted by atomic mass is 32.2. The fourth-order valence-electron chi connectivity index (χ4n) is 6.24. The van der Waals surface area contributed by atoms with Gasteiger partial charge in [-0.15, -0.1) is 11.8 Å². The highest BCUT2D eigenvalue weighted by Gasteiger charge is 2.62. The standard InChI is InChI=1S/C42H59N3O4S/c1-30(2)19-17-22-31(3)20-13-10-8-9-11-14-21-32(4)23-18-24-33(5)27-28-36(47)43-37(34-25-15-12-16-26-34)39(48)44-38-40(49)45-35(29-46)42(6,7)50-41(38)45/h8-9,12,15-16,19-21,24-26,29,35,37-38,41H,10-11,13-14,17-18,22-23,27-28H2,1-7H3,(H,43,47)(H,44,48)/b9-8+,31-20+,32-21+,33-24+/t35-,37-,38+,41+/m0/s1. The predicted molar refractivity (Wildman–Crippen MR) is 207 cm³/mol. The summed E-state index contributed by atoms with van der Waals surface area (Å²) < 4.78 is -0.436. The average molecular weight is 702 g/mol. The van der Waals surface area contributed by atoms with Crippen molar-refractivity contribution in [1.82, 2.24) is 15.5 Å². The van der Waals surface area contributed by atoms with Crippen LogP contribution in [0.3, 0.4) is 0 Å². The van der Waals surface area contributed by atoms with E-state index < -0.39 is 28.8 Å². The van der Waals surface area contributed by atoms with E-state index in [2.05, 4.69) is 74.8 Å². The number of rotatable bonds is 20. The molecule has 2 N–H and O–H groups in total. The fourth-order valence-corrected chi connectivity index (χ4v) is 7.84. The Bertz CT molecular complexity index is 1470. The van der Waals surface area contributed by atoms with Crippen LogP contribution in [-0.2, 0) is 19.2 Å². The second-order valence-electron chi connectivity index (χ2n) is 14.5. The Morgan fingerprint density at radius 2 is 1.36 bits per heavy atom. The number of benzene rings is 1. The summed E-state index contributed by atoms with van der Waals surface area (Å²) >= 11 is 1.51. The van der Waals surface area contributed by atoms with Crippen LogP contribution in [0, 0.1) is 0 Å². The van der Waals surface area contributed by atoms with E-state index in [1.54, 1.807) is 17.0 Å². The van der Waals surface area contributed by atoms with E-state index in [0.717, 1.165) is 63.2 Å². The largest absolute Gasteiger partial charge is 0.341 e. The van der Waals surface area contributed by atoms with Crippen LogP contribution < -0.4 is 10.6 Å². The molecule has 1 aromatic rings. The molecule has 2 saturated heterocycles. The van der Waals surface area contributed by atoms with Crippen molar-refractivity contribution in [2.45, 2.75) is 141 Å². The van der Waals surface area contributed by atoms with E-state index in [-0.39, 0.29) is 23.6 Å². The Hall–Kier alpha value is -3.65. The van der Waals surface area contributed by atoms with Gasteiger partial charge in [0.15, 0.2) is 0 Å². The molecule has 0 aliphatic carbocycles. The van der Waals surface area contributed by atoms with Crippen LogP contribution in [0.25, 0.3) is 0 Å². The van der Waals surface area contributed by atoms with Gasteiger partial charge in [-0.05, 0) is 112 Å². The predicted octanol–water partition coefficient (Wildman–Crippen LogP) is 8.85. The molecule has 0 radical (unpaired) electrons. The van der Waals surface area contributed by atoms with E-state index >= 15 is 0 Å². The maximum Gasteiger partial charge on any atom is 0.249 e. The molecule has 50 heavy (non-hydrogen) atoms. The van der Waals surface area contributed by atoms with Gasteiger partial charge < -0.3 is 20.3 Å². The van der Waals surface area contributed by atoms with Crippen LogP contribution in [-0.4, -0.2) is 51.1 Å². The molecule has 0 bridgehead atoms. The van der Waals surface area contributed by atoms with Gasteiger partial charge in [-0.1, -0.05) is 89.1 Å². The molecule has 2 fully saturated rings. The zero-order valence-electron chi connectivity index (χ0n) is 31.3. The molecule has 7 nitrogen and oxygen atoms in total. The molecule has 4 atom stereocenters. The van der Waals surface area contributed by atoms with Crippen LogP contribution in [0.5, 0.6) is 0 Å².